The van der Waals surface area contributed by atoms with E-state index in [0.717, 1.165) is 18.3 Å². The van der Waals surface area contributed by atoms with E-state index in [-0.39, 0.29) is 0 Å². The third-order valence-corrected chi connectivity index (χ3v) is 4.89. The van der Waals surface area contributed by atoms with E-state index in [9.17, 15) is 0 Å². The quantitative estimate of drug-likeness (QED) is 0.618. The van der Waals surface area contributed by atoms with Crippen LogP contribution in [-0.2, 0) is 0 Å². The van der Waals surface area contributed by atoms with Gasteiger partial charge in [-0.3, -0.25) is 0 Å². The Kier molecular flexibility index (Phi) is 6.25. The van der Waals surface area contributed by atoms with Crippen LogP contribution in [0.25, 0.3) is 0 Å². The molecular formula is C17H27NS. The first-order valence-corrected chi connectivity index (χ1v) is 8.30. The van der Waals surface area contributed by atoms with E-state index in [1.165, 1.54) is 44.1 Å². The molecule has 1 aromatic carbocycles. The molecule has 19 heavy (non-hydrogen) atoms. The van der Waals surface area contributed by atoms with Crippen molar-refractivity contribution in [3.63, 3.8) is 0 Å². The molecule has 2 heteroatoms. The molecule has 0 spiro atoms. The lowest BCUT2D eigenvalue weighted by Gasteiger charge is -2.30. The third-order valence-electron chi connectivity index (χ3n) is 4.45. The molecule has 1 aliphatic rings. The second-order valence-corrected chi connectivity index (χ2v) is 6.24. The summed E-state index contributed by atoms with van der Waals surface area (Å²) < 4.78 is 0. The molecule has 0 saturated heterocycles. The fourth-order valence-corrected chi connectivity index (χ4v) is 3.52. The highest BCUT2D eigenvalue weighted by atomic mass is 32.1. The Morgan fingerprint density at radius 3 is 2.32 bits per heavy atom. The van der Waals surface area contributed by atoms with Crippen LogP contribution in [0.3, 0.4) is 0 Å². The summed E-state index contributed by atoms with van der Waals surface area (Å²) in [6.07, 6.45) is 8.44. The van der Waals surface area contributed by atoms with Crippen LogP contribution in [0, 0.1) is 0 Å². The fourth-order valence-electron chi connectivity index (χ4n) is 3.19. The van der Waals surface area contributed by atoms with Crippen LogP contribution in [0.4, 0.5) is 0 Å². The first kappa shape index (κ1) is 14.9. The number of thiol groups is 1. The smallest absolute Gasteiger partial charge is 0.00924 e. The summed E-state index contributed by atoms with van der Waals surface area (Å²) in [5.41, 5.74) is 1.43. The van der Waals surface area contributed by atoms with Crippen LogP contribution in [-0.4, -0.2) is 30.3 Å². The highest BCUT2D eigenvalue weighted by Crippen LogP contribution is 2.24. The Hall–Kier alpha value is -0.470. The number of rotatable bonds is 5. The number of nitrogens with zero attached hydrogens (tertiary/aromatic N) is 1. The van der Waals surface area contributed by atoms with Crippen molar-refractivity contribution in [2.45, 2.75) is 50.5 Å². The molecular weight excluding hydrogens is 250 g/mol. The normalized spacial score (nSPS) is 19.3. The Morgan fingerprint density at radius 1 is 1.11 bits per heavy atom. The first-order valence-electron chi connectivity index (χ1n) is 7.67. The summed E-state index contributed by atoms with van der Waals surface area (Å²) in [5.74, 6) is 1.49. The Labute approximate surface area is 123 Å². The number of likely N-dealkylation sites (N-methyl/N-ethyl adjacent to an activating group) is 1. The van der Waals surface area contributed by atoms with Gasteiger partial charge in [0, 0.05) is 18.5 Å². The van der Waals surface area contributed by atoms with E-state index in [4.69, 9.17) is 0 Å². The molecule has 0 N–H and O–H groups in total. The van der Waals surface area contributed by atoms with Crippen LogP contribution in [0.2, 0.25) is 0 Å². The summed E-state index contributed by atoms with van der Waals surface area (Å²) in [6.45, 7) is 1.14. The zero-order valence-electron chi connectivity index (χ0n) is 12.1. The van der Waals surface area contributed by atoms with Crippen LogP contribution < -0.4 is 0 Å². The number of hydrogen-bond donors (Lipinski definition) is 1. The maximum absolute atomic E-state index is 4.56. The summed E-state index contributed by atoms with van der Waals surface area (Å²) in [6, 6.07) is 11.6. The minimum Gasteiger partial charge on any atom is -0.303 e. The van der Waals surface area contributed by atoms with Crippen molar-refractivity contribution in [1.82, 2.24) is 4.90 Å². The highest BCUT2D eigenvalue weighted by Gasteiger charge is 2.20. The van der Waals surface area contributed by atoms with Crippen molar-refractivity contribution in [2.75, 3.05) is 19.3 Å². The largest absolute Gasteiger partial charge is 0.303 e. The van der Waals surface area contributed by atoms with Crippen LogP contribution in [0.15, 0.2) is 30.3 Å². The van der Waals surface area contributed by atoms with E-state index in [2.05, 4.69) is 54.9 Å². The molecule has 0 amide bonds. The monoisotopic (exact) mass is 277 g/mol. The van der Waals surface area contributed by atoms with Gasteiger partial charge in [-0.1, -0.05) is 56.0 Å². The predicted molar refractivity (Wildman–Crippen MR) is 87.2 cm³/mol. The molecule has 1 aromatic rings. The van der Waals surface area contributed by atoms with Crippen LogP contribution >= 0.6 is 12.6 Å². The van der Waals surface area contributed by atoms with Gasteiger partial charge < -0.3 is 4.90 Å². The number of hydrogen-bond acceptors (Lipinski definition) is 2. The number of benzene rings is 1. The highest BCUT2D eigenvalue weighted by molar-refractivity contribution is 7.80. The molecule has 1 fully saturated rings. The summed E-state index contributed by atoms with van der Waals surface area (Å²) in [5, 5.41) is 0. The maximum atomic E-state index is 4.56. The Bertz CT molecular complexity index is 344. The summed E-state index contributed by atoms with van der Waals surface area (Å²) in [7, 11) is 2.30. The topological polar surface area (TPSA) is 3.24 Å². The van der Waals surface area contributed by atoms with Crippen molar-refractivity contribution in [1.29, 1.82) is 0 Å². The van der Waals surface area contributed by atoms with Gasteiger partial charge in [0.1, 0.15) is 0 Å². The van der Waals surface area contributed by atoms with E-state index < -0.39 is 0 Å². The zero-order valence-corrected chi connectivity index (χ0v) is 13.0. The van der Waals surface area contributed by atoms with Gasteiger partial charge in [0.2, 0.25) is 0 Å². The molecule has 0 aromatic heterocycles. The van der Waals surface area contributed by atoms with E-state index >= 15 is 0 Å². The molecule has 1 saturated carbocycles. The maximum Gasteiger partial charge on any atom is 0.00924 e. The Morgan fingerprint density at radius 2 is 1.74 bits per heavy atom. The summed E-state index contributed by atoms with van der Waals surface area (Å²) >= 11 is 4.56. The van der Waals surface area contributed by atoms with E-state index in [1.54, 1.807) is 0 Å². The van der Waals surface area contributed by atoms with E-state index in [0.29, 0.717) is 5.92 Å². The average Bonchev–Trinajstić information content (AvgIpc) is 2.74. The third kappa shape index (κ3) is 4.54. The standard InChI is InChI=1S/C17H27NS/c1-18(17-11-7-2-3-8-12-17)13-16(14-19)15-9-5-4-6-10-15/h4-6,9-10,16-17,19H,2-3,7-8,11-14H2,1H3. The predicted octanol–water partition coefficient (Wildman–Crippen LogP) is 4.35. The second-order valence-electron chi connectivity index (χ2n) is 5.88. The average molecular weight is 277 g/mol. The Balaban J connectivity index is 1.93. The molecule has 106 valence electrons. The molecule has 1 atom stereocenters. The van der Waals surface area contributed by atoms with E-state index in [1.807, 2.05) is 0 Å². The van der Waals surface area contributed by atoms with Gasteiger partial charge >= 0.3 is 0 Å². The van der Waals surface area contributed by atoms with Crippen molar-refractivity contribution >= 4 is 12.6 Å². The molecule has 1 nitrogen and oxygen atoms in total. The van der Waals surface area contributed by atoms with Gasteiger partial charge in [-0.15, -0.1) is 0 Å². The van der Waals surface area contributed by atoms with Crippen molar-refractivity contribution < 1.29 is 0 Å². The molecule has 1 unspecified atom stereocenters. The lowest BCUT2D eigenvalue weighted by molar-refractivity contribution is 0.212. The van der Waals surface area contributed by atoms with Crippen LogP contribution in [0.5, 0.6) is 0 Å². The van der Waals surface area contributed by atoms with Crippen molar-refractivity contribution in [2.24, 2.45) is 0 Å². The molecule has 1 aliphatic carbocycles. The van der Waals surface area contributed by atoms with Crippen LogP contribution in [0.1, 0.15) is 50.0 Å². The van der Waals surface area contributed by atoms with Gasteiger partial charge in [-0.05, 0) is 31.2 Å². The van der Waals surface area contributed by atoms with Gasteiger partial charge in [-0.25, -0.2) is 0 Å². The van der Waals surface area contributed by atoms with Gasteiger partial charge in [-0.2, -0.15) is 12.6 Å². The lowest BCUT2D eigenvalue weighted by Crippen LogP contribution is -2.35. The fraction of sp³-hybridized carbons (Fsp3) is 0.647. The van der Waals surface area contributed by atoms with Crippen molar-refractivity contribution in [3.05, 3.63) is 35.9 Å². The summed E-state index contributed by atoms with van der Waals surface area (Å²) in [4.78, 5) is 2.58. The van der Waals surface area contributed by atoms with Gasteiger partial charge in [0.15, 0.2) is 0 Å². The first-order chi connectivity index (χ1) is 9.31. The lowest BCUT2D eigenvalue weighted by atomic mass is 9.99. The molecule has 2 rings (SSSR count). The SMILES string of the molecule is CN(CC(CS)c1ccccc1)C1CCCCCC1. The minimum absolute atomic E-state index is 0.554. The molecule has 0 aliphatic heterocycles. The molecule has 0 bridgehead atoms. The molecule has 0 radical (unpaired) electrons. The van der Waals surface area contributed by atoms with Gasteiger partial charge in [0.25, 0.3) is 0 Å². The minimum atomic E-state index is 0.554. The molecule has 0 heterocycles. The zero-order chi connectivity index (χ0) is 13.5. The van der Waals surface area contributed by atoms with Crippen molar-refractivity contribution in [3.8, 4) is 0 Å². The van der Waals surface area contributed by atoms with Gasteiger partial charge in [0.05, 0.1) is 0 Å². The second kappa shape index (κ2) is 7.96.